The van der Waals surface area contributed by atoms with Crippen molar-refractivity contribution >= 4 is 34.4 Å². The summed E-state index contributed by atoms with van der Waals surface area (Å²) in [4.78, 5) is 72.6. The van der Waals surface area contributed by atoms with Crippen LogP contribution in [0.4, 0.5) is 0 Å². The van der Waals surface area contributed by atoms with Crippen LogP contribution >= 0.6 is 0 Å². The number of hydrogen-bond donors (Lipinski definition) is 0. The fourth-order valence-corrected chi connectivity index (χ4v) is 7.37. The summed E-state index contributed by atoms with van der Waals surface area (Å²) in [5.74, 6) is -1.85. The van der Waals surface area contributed by atoms with Crippen molar-refractivity contribution in [3.8, 4) is 0 Å². The van der Waals surface area contributed by atoms with Crippen molar-refractivity contribution in [1.29, 1.82) is 0 Å². The summed E-state index contributed by atoms with van der Waals surface area (Å²) >= 11 is 0. The predicted octanol–water partition coefficient (Wildman–Crippen LogP) is 2.97. The third-order valence-corrected chi connectivity index (χ3v) is 9.81. The first-order valence-corrected chi connectivity index (χ1v) is 16.3. The van der Waals surface area contributed by atoms with Crippen molar-refractivity contribution in [2.24, 2.45) is 0 Å². The molecule has 48 heavy (non-hydrogen) atoms. The van der Waals surface area contributed by atoms with E-state index in [1.807, 2.05) is 36.4 Å². The highest BCUT2D eigenvalue weighted by Gasteiger charge is 2.42. The maximum atomic E-state index is 14.1. The van der Waals surface area contributed by atoms with E-state index >= 15 is 0 Å². The average molecular weight is 647 g/mol. The zero-order valence-corrected chi connectivity index (χ0v) is 26.3. The van der Waals surface area contributed by atoms with Crippen LogP contribution in [0.5, 0.6) is 0 Å². The van der Waals surface area contributed by atoms with Crippen molar-refractivity contribution in [3.63, 3.8) is 0 Å². The molecule has 0 bridgehead atoms. The molecule has 244 valence electrons. The molecule has 0 radical (unpaired) electrons. The molecule has 4 aliphatic rings. The molecule has 4 aliphatic heterocycles. The number of pyridine rings is 2. The Kier molecular flexibility index (Phi) is 8.01. The number of aromatic nitrogens is 2. The van der Waals surface area contributed by atoms with Gasteiger partial charge in [0.15, 0.2) is 0 Å². The van der Waals surface area contributed by atoms with Gasteiger partial charge < -0.3 is 9.47 Å². The first-order valence-electron chi connectivity index (χ1n) is 16.3. The standard InChI is InChI=1S/C36H34N6O6/c43-33-23-7-9-25-32-26(36(46)42(35(25)45)22-30(28-6-2-4-12-38-28)40-15-19-48-20-16-40)10-8-24(31(23)32)34(44)41(33)21-29(27-5-1-3-11-37-27)39-13-17-47-18-14-39/h1-12,29-30H,13-22H2. The van der Waals surface area contributed by atoms with Crippen LogP contribution in [0, 0.1) is 0 Å². The normalized spacial score (nSPS) is 20.0. The monoisotopic (exact) mass is 646 g/mol. The van der Waals surface area contributed by atoms with Crippen molar-refractivity contribution in [2.45, 2.75) is 12.1 Å². The molecule has 4 aromatic rings. The highest BCUT2D eigenvalue weighted by atomic mass is 16.5. The van der Waals surface area contributed by atoms with Crippen LogP contribution in [0.2, 0.25) is 0 Å². The van der Waals surface area contributed by atoms with Crippen molar-refractivity contribution in [1.82, 2.24) is 29.6 Å². The molecule has 6 heterocycles. The number of carbonyl (C=O) groups is 4. The molecule has 2 unspecified atom stereocenters. The second-order valence-electron chi connectivity index (χ2n) is 12.4. The summed E-state index contributed by atoms with van der Waals surface area (Å²) in [7, 11) is 0. The summed E-state index contributed by atoms with van der Waals surface area (Å²) in [6.45, 7) is 4.96. The molecule has 2 aromatic heterocycles. The lowest BCUT2D eigenvalue weighted by molar-refractivity contribution is 0.00696. The summed E-state index contributed by atoms with van der Waals surface area (Å²) in [5, 5.41) is 0.709. The summed E-state index contributed by atoms with van der Waals surface area (Å²) in [6, 6.07) is 17.0. The van der Waals surface area contributed by atoms with Crippen LogP contribution in [-0.4, -0.2) is 119 Å². The maximum Gasteiger partial charge on any atom is 0.261 e. The SMILES string of the molecule is O=C1c2ccc3c4c(ccc(c24)C(=O)N1CC(c1ccccn1)N1CCOCC1)C(=O)N(CC(c1ccccn1)N1CCOCC1)C3=O. The number of imide groups is 2. The molecule has 12 heteroatoms. The molecular formula is C36H34N6O6. The minimum absolute atomic E-state index is 0.0984. The largest absolute Gasteiger partial charge is 0.379 e. The Hall–Kier alpha value is -4.88. The molecule has 2 saturated heterocycles. The number of amides is 4. The number of nitrogens with zero attached hydrogens (tertiary/aromatic N) is 6. The number of benzene rings is 2. The van der Waals surface area contributed by atoms with Crippen LogP contribution in [-0.2, 0) is 9.47 Å². The molecule has 0 aliphatic carbocycles. The van der Waals surface area contributed by atoms with Crippen LogP contribution in [0.1, 0.15) is 64.9 Å². The average Bonchev–Trinajstić information content (AvgIpc) is 3.14. The Balaban J connectivity index is 1.14. The van der Waals surface area contributed by atoms with Gasteiger partial charge >= 0.3 is 0 Å². The lowest BCUT2D eigenvalue weighted by atomic mass is 9.85. The van der Waals surface area contributed by atoms with Crippen LogP contribution < -0.4 is 0 Å². The Morgan fingerprint density at radius 1 is 0.521 bits per heavy atom. The minimum atomic E-state index is -0.463. The van der Waals surface area contributed by atoms with Gasteiger partial charge in [-0.15, -0.1) is 0 Å². The van der Waals surface area contributed by atoms with E-state index in [4.69, 9.17) is 9.47 Å². The topological polar surface area (TPSA) is 125 Å². The third-order valence-electron chi connectivity index (χ3n) is 9.81. The van der Waals surface area contributed by atoms with E-state index in [-0.39, 0.29) is 25.2 Å². The second-order valence-corrected chi connectivity index (χ2v) is 12.4. The highest BCUT2D eigenvalue weighted by molar-refractivity contribution is 6.33. The van der Waals surface area contributed by atoms with Gasteiger partial charge in [-0.1, -0.05) is 12.1 Å². The molecule has 2 fully saturated rings. The van der Waals surface area contributed by atoms with E-state index in [2.05, 4.69) is 19.8 Å². The van der Waals surface area contributed by atoms with Gasteiger partial charge in [0.05, 0.1) is 63.0 Å². The summed E-state index contributed by atoms with van der Waals surface area (Å²) in [6.07, 6.45) is 3.41. The molecule has 0 N–H and O–H groups in total. The zero-order chi connectivity index (χ0) is 32.8. The van der Waals surface area contributed by atoms with Crippen molar-refractivity contribution < 1.29 is 28.7 Å². The van der Waals surface area contributed by atoms with Gasteiger partial charge in [-0.3, -0.25) is 48.7 Å². The molecule has 4 amide bonds. The van der Waals surface area contributed by atoms with Gasteiger partial charge in [0, 0.05) is 71.6 Å². The first kappa shape index (κ1) is 30.5. The number of ether oxygens (including phenoxy) is 2. The van der Waals surface area contributed by atoms with E-state index < -0.39 is 23.6 Å². The molecule has 8 rings (SSSR count). The second kappa shape index (κ2) is 12.6. The van der Waals surface area contributed by atoms with Gasteiger partial charge in [-0.05, 0) is 48.5 Å². The van der Waals surface area contributed by atoms with Crippen LogP contribution in [0.3, 0.4) is 0 Å². The van der Waals surface area contributed by atoms with E-state index in [0.717, 1.165) is 11.4 Å². The molecule has 12 nitrogen and oxygen atoms in total. The lowest BCUT2D eigenvalue weighted by Crippen LogP contribution is -2.49. The van der Waals surface area contributed by atoms with Gasteiger partial charge in [0.25, 0.3) is 23.6 Å². The fourth-order valence-electron chi connectivity index (χ4n) is 7.37. The van der Waals surface area contributed by atoms with Crippen molar-refractivity contribution in [2.75, 3.05) is 65.7 Å². The third kappa shape index (κ3) is 5.17. The lowest BCUT2D eigenvalue weighted by Gasteiger charge is -2.39. The van der Waals surface area contributed by atoms with Crippen LogP contribution in [0.25, 0.3) is 10.8 Å². The van der Waals surface area contributed by atoms with E-state index in [0.29, 0.717) is 85.6 Å². The van der Waals surface area contributed by atoms with Gasteiger partial charge in [0.1, 0.15) is 0 Å². The molecule has 0 spiro atoms. The number of morpholine rings is 2. The maximum absolute atomic E-state index is 14.1. The Morgan fingerprint density at radius 2 is 0.875 bits per heavy atom. The fraction of sp³-hybridized carbons (Fsp3) is 0.333. The summed E-state index contributed by atoms with van der Waals surface area (Å²) in [5.41, 5.74) is 2.68. The summed E-state index contributed by atoms with van der Waals surface area (Å²) < 4.78 is 11.1. The Morgan fingerprint density at radius 3 is 1.19 bits per heavy atom. The quantitative estimate of drug-likeness (QED) is 0.264. The van der Waals surface area contributed by atoms with E-state index in [9.17, 15) is 19.2 Å². The van der Waals surface area contributed by atoms with Gasteiger partial charge in [-0.2, -0.15) is 0 Å². The Bertz CT molecular complexity index is 1700. The molecular weight excluding hydrogens is 612 g/mol. The van der Waals surface area contributed by atoms with Gasteiger partial charge in [-0.25, -0.2) is 0 Å². The van der Waals surface area contributed by atoms with Crippen LogP contribution in [0.15, 0.2) is 73.1 Å². The van der Waals surface area contributed by atoms with Gasteiger partial charge in [0.2, 0.25) is 0 Å². The highest BCUT2D eigenvalue weighted by Crippen LogP contribution is 2.39. The zero-order valence-electron chi connectivity index (χ0n) is 26.3. The number of carbonyl (C=O) groups excluding carboxylic acids is 4. The molecule has 0 saturated carbocycles. The van der Waals surface area contributed by atoms with E-state index in [1.165, 1.54) is 9.80 Å². The number of hydrogen-bond acceptors (Lipinski definition) is 10. The Labute approximate surface area is 276 Å². The smallest absolute Gasteiger partial charge is 0.261 e. The van der Waals surface area contributed by atoms with E-state index in [1.54, 1.807) is 36.7 Å². The van der Waals surface area contributed by atoms with Crippen molar-refractivity contribution in [3.05, 3.63) is 107 Å². The minimum Gasteiger partial charge on any atom is -0.379 e. The molecule has 2 aromatic carbocycles. The molecule has 2 atom stereocenters. The first-order chi connectivity index (χ1) is 23.5. The number of rotatable bonds is 8. The predicted molar refractivity (Wildman–Crippen MR) is 173 cm³/mol.